The molecule has 0 aliphatic carbocycles. The number of nitrogens with zero attached hydrogens (tertiary/aromatic N) is 3. The number of rotatable bonds is 6. The van der Waals surface area contributed by atoms with Crippen molar-refractivity contribution in [2.24, 2.45) is 5.84 Å². The average molecular weight is 278 g/mol. The molecule has 0 amide bonds. The molecule has 11 heteroatoms. The first kappa shape index (κ1) is 14.9. The Morgan fingerprint density at radius 3 is 2.63 bits per heavy atom. The van der Waals surface area contributed by atoms with Gasteiger partial charge in [-0.05, 0) is 6.92 Å². The molecule has 1 aromatic rings. The number of halogens is 2. The Kier molecular flexibility index (Phi) is 4.45. The summed E-state index contributed by atoms with van der Waals surface area (Å²) in [5, 5.41) is 21.4. The maximum Gasteiger partial charge on any atom is 0.332 e. The van der Waals surface area contributed by atoms with Crippen LogP contribution in [0.3, 0.4) is 0 Å². The molecule has 1 heterocycles. The highest BCUT2D eigenvalue weighted by molar-refractivity contribution is 5.60. The molecule has 5 N–H and O–H groups in total. The molecule has 0 fully saturated rings. The standard InChI is InChI=1S/C8H12F2N6O3/c1-4-5(16(18)19)6(14-7(13-4)15-11)12-2-8(9,10)3-17/h17H,2-3,11H2,1H3,(H2,12,13,14,15). The first-order valence-electron chi connectivity index (χ1n) is 5.03. The third kappa shape index (κ3) is 3.66. The topological polar surface area (TPSA) is 139 Å². The zero-order valence-electron chi connectivity index (χ0n) is 9.85. The summed E-state index contributed by atoms with van der Waals surface area (Å²) in [5.74, 6) is 1.07. The second-order valence-electron chi connectivity index (χ2n) is 3.60. The molecule has 106 valence electrons. The fraction of sp³-hybridized carbons (Fsp3) is 0.500. The van der Waals surface area contributed by atoms with E-state index in [1.54, 1.807) is 0 Å². The van der Waals surface area contributed by atoms with Gasteiger partial charge >= 0.3 is 5.69 Å². The van der Waals surface area contributed by atoms with E-state index in [1.165, 1.54) is 6.92 Å². The molecule has 0 saturated heterocycles. The highest BCUT2D eigenvalue weighted by Gasteiger charge is 2.30. The highest BCUT2D eigenvalue weighted by atomic mass is 19.3. The van der Waals surface area contributed by atoms with Crippen LogP contribution < -0.4 is 16.6 Å². The van der Waals surface area contributed by atoms with Gasteiger partial charge in [-0.15, -0.1) is 0 Å². The van der Waals surface area contributed by atoms with Gasteiger partial charge in [0.25, 0.3) is 5.92 Å². The number of aliphatic hydroxyl groups excluding tert-OH is 1. The fourth-order valence-corrected chi connectivity index (χ4v) is 1.24. The number of alkyl halides is 2. The number of hydrazine groups is 1. The summed E-state index contributed by atoms with van der Waals surface area (Å²) >= 11 is 0. The number of aromatic nitrogens is 2. The maximum absolute atomic E-state index is 12.9. The van der Waals surface area contributed by atoms with Crippen molar-refractivity contribution in [3.05, 3.63) is 15.8 Å². The Hall–Kier alpha value is -2.14. The highest BCUT2D eigenvalue weighted by Crippen LogP contribution is 2.27. The van der Waals surface area contributed by atoms with E-state index in [0.29, 0.717) is 0 Å². The molecule has 1 rings (SSSR count). The Labute approximate surface area is 106 Å². The van der Waals surface area contributed by atoms with Crippen molar-refractivity contribution in [2.75, 3.05) is 23.9 Å². The van der Waals surface area contributed by atoms with Gasteiger partial charge in [0.05, 0.1) is 11.5 Å². The van der Waals surface area contributed by atoms with Gasteiger partial charge in [0.1, 0.15) is 12.3 Å². The molecule has 0 aliphatic heterocycles. The minimum absolute atomic E-state index is 0.0391. The summed E-state index contributed by atoms with van der Waals surface area (Å²) in [6.45, 7) is -1.08. The van der Waals surface area contributed by atoms with Gasteiger partial charge in [0, 0.05) is 0 Å². The normalized spacial score (nSPS) is 11.2. The van der Waals surface area contributed by atoms with Crippen LogP contribution in [-0.4, -0.2) is 39.1 Å². The summed E-state index contributed by atoms with van der Waals surface area (Å²) < 4.78 is 25.8. The van der Waals surface area contributed by atoms with Gasteiger partial charge < -0.3 is 10.4 Å². The van der Waals surface area contributed by atoms with E-state index < -0.39 is 35.5 Å². The van der Waals surface area contributed by atoms with E-state index in [-0.39, 0.29) is 11.6 Å². The summed E-state index contributed by atoms with van der Waals surface area (Å²) in [7, 11) is 0. The number of aryl methyl sites for hydroxylation is 1. The van der Waals surface area contributed by atoms with Crippen LogP contribution in [0.2, 0.25) is 0 Å². The van der Waals surface area contributed by atoms with E-state index in [9.17, 15) is 18.9 Å². The summed E-state index contributed by atoms with van der Waals surface area (Å²) in [6.07, 6.45) is 0. The third-order valence-electron chi connectivity index (χ3n) is 2.12. The minimum Gasteiger partial charge on any atom is -0.390 e. The van der Waals surface area contributed by atoms with Crippen molar-refractivity contribution < 1.29 is 18.8 Å². The van der Waals surface area contributed by atoms with E-state index in [4.69, 9.17) is 10.9 Å². The predicted octanol–water partition coefficient (Wildman–Crippen LogP) is 0.0183. The molecule has 0 unspecified atom stereocenters. The lowest BCUT2D eigenvalue weighted by molar-refractivity contribution is -0.385. The maximum atomic E-state index is 12.9. The van der Waals surface area contributed by atoms with Crippen molar-refractivity contribution >= 4 is 17.5 Å². The zero-order chi connectivity index (χ0) is 14.6. The van der Waals surface area contributed by atoms with Gasteiger partial charge in [-0.3, -0.25) is 15.5 Å². The Bertz CT molecular complexity index is 484. The SMILES string of the molecule is Cc1nc(NN)nc(NCC(F)(F)CO)c1[N+](=O)[O-]. The van der Waals surface area contributed by atoms with Gasteiger partial charge in [0.15, 0.2) is 0 Å². The van der Waals surface area contributed by atoms with Crippen LogP contribution in [0.5, 0.6) is 0 Å². The molecule has 0 atom stereocenters. The monoisotopic (exact) mass is 278 g/mol. The first-order chi connectivity index (χ1) is 8.80. The molecular weight excluding hydrogens is 266 g/mol. The number of hydrogen-bond donors (Lipinski definition) is 4. The van der Waals surface area contributed by atoms with Crippen LogP contribution >= 0.6 is 0 Å². The van der Waals surface area contributed by atoms with Crippen LogP contribution in [0, 0.1) is 17.0 Å². The van der Waals surface area contributed by atoms with Crippen molar-refractivity contribution in [3.63, 3.8) is 0 Å². The lowest BCUT2D eigenvalue weighted by atomic mass is 10.3. The quantitative estimate of drug-likeness (QED) is 0.324. The van der Waals surface area contributed by atoms with Gasteiger partial charge in [-0.25, -0.2) is 19.6 Å². The smallest absolute Gasteiger partial charge is 0.332 e. The van der Waals surface area contributed by atoms with Crippen LogP contribution in [-0.2, 0) is 0 Å². The van der Waals surface area contributed by atoms with Crippen molar-refractivity contribution in [1.82, 2.24) is 9.97 Å². The molecule has 9 nitrogen and oxygen atoms in total. The fourth-order valence-electron chi connectivity index (χ4n) is 1.24. The summed E-state index contributed by atoms with van der Waals surface area (Å²) in [4.78, 5) is 17.3. The van der Waals surface area contributed by atoms with Gasteiger partial charge in [-0.1, -0.05) is 0 Å². The molecule has 0 aromatic carbocycles. The number of nitro groups is 1. The third-order valence-corrected chi connectivity index (χ3v) is 2.12. The zero-order valence-corrected chi connectivity index (χ0v) is 9.85. The van der Waals surface area contributed by atoms with Crippen LogP contribution in [0.15, 0.2) is 0 Å². The lowest BCUT2D eigenvalue weighted by Gasteiger charge is -2.15. The number of anilines is 2. The number of nitrogens with one attached hydrogen (secondary N) is 2. The van der Waals surface area contributed by atoms with Crippen LogP contribution in [0.4, 0.5) is 26.2 Å². The van der Waals surface area contributed by atoms with Crippen molar-refractivity contribution in [2.45, 2.75) is 12.8 Å². The van der Waals surface area contributed by atoms with E-state index in [2.05, 4.69) is 20.7 Å². The molecule has 19 heavy (non-hydrogen) atoms. The predicted molar refractivity (Wildman–Crippen MR) is 61.8 cm³/mol. The van der Waals surface area contributed by atoms with Crippen LogP contribution in [0.25, 0.3) is 0 Å². The number of nitrogens with two attached hydrogens (primary N) is 1. The molecule has 0 radical (unpaired) electrons. The molecular formula is C8H12F2N6O3. The summed E-state index contributed by atoms with van der Waals surface area (Å²) in [5.41, 5.74) is 1.49. The van der Waals surface area contributed by atoms with E-state index >= 15 is 0 Å². The first-order valence-corrected chi connectivity index (χ1v) is 5.03. The Balaban J connectivity index is 3.10. The van der Waals surface area contributed by atoms with Gasteiger partial charge in [-0.2, -0.15) is 4.98 Å². The number of hydrogen-bond acceptors (Lipinski definition) is 8. The summed E-state index contributed by atoms with van der Waals surface area (Å²) in [6, 6.07) is 0. The Morgan fingerprint density at radius 1 is 1.53 bits per heavy atom. The molecule has 1 aromatic heterocycles. The Morgan fingerprint density at radius 2 is 2.16 bits per heavy atom. The van der Waals surface area contributed by atoms with Crippen LogP contribution in [0.1, 0.15) is 5.69 Å². The number of nitrogen functional groups attached to an aromatic ring is 1. The minimum atomic E-state index is -3.43. The second kappa shape index (κ2) is 5.67. The second-order valence-corrected chi connectivity index (χ2v) is 3.60. The molecule has 0 saturated carbocycles. The van der Waals surface area contributed by atoms with Gasteiger partial charge in [0.2, 0.25) is 11.8 Å². The van der Waals surface area contributed by atoms with E-state index in [1.807, 2.05) is 0 Å². The lowest BCUT2D eigenvalue weighted by Crippen LogP contribution is -2.31. The average Bonchev–Trinajstić information content (AvgIpc) is 2.35. The largest absolute Gasteiger partial charge is 0.390 e. The van der Waals surface area contributed by atoms with Crippen molar-refractivity contribution in [1.29, 1.82) is 0 Å². The molecule has 0 aliphatic rings. The number of aliphatic hydroxyl groups is 1. The molecule has 0 bridgehead atoms. The van der Waals surface area contributed by atoms with Crippen molar-refractivity contribution in [3.8, 4) is 0 Å². The molecule has 0 spiro atoms. The van der Waals surface area contributed by atoms with E-state index in [0.717, 1.165) is 0 Å².